The minimum absolute atomic E-state index is 0.232. The van der Waals surface area contributed by atoms with E-state index in [9.17, 15) is 13.5 Å². The monoisotopic (exact) mass is 345 g/mol. The van der Waals surface area contributed by atoms with E-state index in [1.165, 1.54) is 11.3 Å². The molecule has 0 radical (unpaired) electrons. The van der Waals surface area contributed by atoms with Crippen LogP contribution in [0.5, 0.6) is 0 Å². The van der Waals surface area contributed by atoms with E-state index >= 15 is 0 Å². The zero-order chi connectivity index (χ0) is 15.3. The van der Waals surface area contributed by atoms with Gasteiger partial charge in [0, 0.05) is 16.6 Å². The molecule has 0 unspecified atom stereocenters. The molecule has 7 heteroatoms. The Kier molecular flexibility index (Phi) is 6.07. The van der Waals surface area contributed by atoms with Gasteiger partial charge in [0.05, 0.1) is 11.5 Å². The number of hydrogen-bond acceptors (Lipinski definition) is 5. The van der Waals surface area contributed by atoms with E-state index in [-0.39, 0.29) is 11.5 Å². The Balaban J connectivity index is 2.23. The molecule has 21 heavy (non-hydrogen) atoms. The van der Waals surface area contributed by atoms with Crippen LogP contribution in [0, 0.1) is 0 Å². The summed E-state index contributed by atoms with van der Waals surface area (Å²) >= 11 is 3.08. The second kappa shape index (κ2) is 7.60. The summed E-state index contributed by atoms with van der Waals surface area (Å²) in [7, 11) is -3.58. The van der Waals surface area contributed by atoms with Crippen molar-refractivity contribution in [3.63, 3.8) is 0 Å². The van der Waals surface area contributed by atoms with Crippen molar-refractivity contribution in [2.45, 2.75) is 24.3 Å². The summed E-state index contributed by atoms with van der Waals surface area (Å²) in [5.74, 6) is 1.03. The van der Waals surface area contributed by atoms with Gasteiger partial charge in [-0.2, -0.15) is 11.8 Å². The summed E-state index contributed by atoms with van der Waals surface area (Å²) < 4.78 is 28.5. The van der Waals surface area contributed by atoms with Gasteiger partial charge in [-0.05, 0) is 30.9 Å². The van der Waals surface area contributed by atoms with Gasteiger partial charge in [-0.1, -0.05) is 18.2 Å². The molecule has 1 aromatic heterocycles. The number of aliphatic hydroxyl groups excluding tert-OH is 1. The lowest BCUT2D eigenvalue weighted by Crippen LogP contribution is -2.25. The number of sulfonamides is 1. The predicted octanol–water partition coefficient (Wildman–Crippen LogP) is 2.82. The van der Waals surface area contributed by atoms with Crippen LogP contribution < -0.4 is 4.72 Å². The Morgan fingerprint density at radius 1 is 1.29 bits per heavy atom. The lowest BCUT2D eigenvalue weighted by molar-refractivity contribution is 0.283. The molecule has 0 aliphatic heterocycles. The third-order valence-electron chi connectivity index (χ3n) is 3.10. The maximum atomic E-state index is 12.5. The van der Waals surface area contributed by atoms with Crippen molar-refractivity contribution >= 4 is 43.2 Å². The van der Waals surface area contributed by atoms with Crippen molar-refractivity contribution in [2.24, 2.45) is 0 Å². The lowest BCUT2D eigenvalue weighted by atomic mass is 10.2. The first-order valence-electron chi connectivity index (χ1n) is 6.70. The molecule has 0 atom stereocenters. The highest BCUT2D eigenvalue weighted by Gasteiger charge is 2.23. The molecule has 2 rings (SSSR count). The molecule has 0 spiro atoms. The quantitative estimate of drug-likeness (QED) is 0.722. The van der Waals surface area contributed by atoms with Gasteiger partial charge in [0.1, 0.15) is 4.90 Å². The fraction of sp³-hybridized carbons (Fsp3) is 0.429. The minimum Gasteiger partial charge on any atom is -0.391 e. The van der Waals surface area contributed by atoms with E-state index in [4.69, 9.17) is 0 Å². The highest BCUT2D eigenvalue weighted by molar-refractivity contribution is 7.98. The molecule has 4 nitrogen and oxygen atoms in total. The van der Waals surface area contributed by atoms with Gasteiger partial charge < -0.3 is 5.11 Å². The smallest absolute Gasteiger partial charge is 0.242 e. The topological polar surface area (TPSA) is 66.4 Å². The molecule has 116 valence electrons. The number of benzene rings is 1. The van der Waals surface area contributed by atoms with E-state index in [0.717, 1.165) is 23.3 Å². The number of thiophene rings is 1. The third kappa shape index (κ3) is 3.98. The van der Waals surface area contributed by atoms with Crippen molar-refractivity contribution in [1.29, 1.82) is 0 Å². The molecule has 2 aromatic rings. The Morgan fingerprint density at radius 2 is 2.05 bits per heavy atom. The van der Waals surface area contributed by atoms with Crippen LogP contribution in [-0.2, 0) is 16.6 Å². The molecule has 0 amide bonds. The summed E-state index contributed by atoms with van der Waals surface area (Å²) in [4.78, 5) is 0.725. The van der Waals surface area contributed by atoms with Gasteiger partial charge in [-0.25, -0.2) is 13.1 Å². The van der Waals surface area contributed by atoms with Crippen LogP contribution in [0.25, 0.3) is 10.1 Å². The van der Waals surface area contributed by atoms with Crippen LogP contribution in [0.15, 0.2) is 29.2 Å². The number of nitrogens with one attached hydrogen (secondary N) is 1. The molecule has 0 saturated carbocycles. The number of thioether (sulfide) groups is 1. The second-order valence-electron chi connectivity index (χ2n) is 4.61. The normalized spacial score (nSPS) is 12.1. The van der Waals surface area contributed by atoms with Crippen LogP contribution >= 0.6 is 23.1 Å². The Morgan fingerprint density at radius 3 is 2.76 bits per heavy atom. The lowest BCUT2D eigenvalue weighted by Gasteiger charge is -2.07. The number of hydrogen-bond donors (Lipinski definition) is 2. The van der Waals surface area contributed by atoms with E-state index < -0.39 is 10.0 Å². The zero-order valence-corrected chi connectivity index (χ0v) is 14.3. The van der Waals surface area contributed by atoms with Crippen molar-refractivity contribution in [3.8, 4) is 0 Å². The number of unbranched alkanes of at least 4 members (excludes halogenated alkanes) is 1. The first kappa shape index (κ1) is 16.8. The molecule has 0 bridgehead atoms. The van der Waals surface area contributed by atoms with Gasteiger partial charge in [-0.15, -0.1) is 11.3 Å². The van der Waals surface area contributed by atoms with Crippen LogP contribution in [0.1, 0.15) is 17.7 Å². The third-order valence-corrected chi connectivity index (χ3v) is 6.67. The van der Waals surface area contributed by atoms with Gasteiger partial charge >= 0.3 is 0 Å². The van der Waals surface area contributed by atoms with Crippen LogP contribution in [0.4, 0.5) is 0 Å². The van der Waals surface area contributed by atoms with Crippen LogP contribution in [0.3, 0.4) is 0 Å². The van der Waals surface area contributed by atoms with E-state index in [2.05, 4.69) is 4.72 Å². The molecule has 1 heterocycles. The predicted molar refractivity (Wildman–Crippen MR) is 90.6 cm³/mol. The van der Waals surface area contributed by atoms with Gasteiger partial charge in [0.25, 0.3) is 0 Å². The molecule has 1 aromatic carbocycles. The fourth-order valence-electron chi connectivity index (χ4n) is 2.12. The molecule has 0 aliphatic carbocycles. The summed E-state index contributed by atoms with van der Waals surface area (Å²) in [5, 5.41) is 10.1. The molecule has 0 saturated heterocycles. The standard InChI is InChI=1S/C14H19NO3S3/c1-19-9-5-4-8-15-21(17,18)14-11-6-2-3-7-12(11)20-13(14)10-16/h2-3,6-7,15-16H,4-5,8-10H2,1H3. The molecular weight excluding hydrogens is 326 g/mol. The van der Waals surface area contributed by atoms with Gasteiger partial charge in [-0.3, -0.25) is 0 Å². The van der Waals surface area contributed by atoms with Crippen LogP contribution in [0.2, 0.25) is 0 Å². The Bertz CT molecular complexity index is 695. The molecule has 0 fully saturated rings. The van der Waals surface area contributed by atoms with Crippen molar-refractivity contribution < 1.29 is 13.5 Å². The van der Waals surface area contributed by atoms with Crippen molar-refractivity contribution in [3.05, 3.63) is 29.1 Å². The van der Waals surface area contributed by atoms with E-state index in [0.29, 0.717) is 16.8 Å². The number of aliphatic hydroxyl groups is 1. The minimum atomic E-state index is -3.58. The maximum Gasteiger partial charge on any atom is 0.242 e. The van der Waals surface area contributed by atoms with Crippen molar-refractivity contribution in [2.75, 3.05) is 18.6 Å². The Hall–Kier alpha value is -0.600. The highest BCUT2D eigenvalue weighted by Crippen LogP contribution is 2.34. The highest BCUT2D eigenvalue weighted by atomic mass is 32.2. The summed E-state index contributed by atoms with van der Waals surface area (Å²) in [6, 6.07) is 7.34. The fourth-order valence-corrected chi connectivity index (χ4v) is 5.48. The first-order valence-corrected chi connectivity index (χ1v) is 10.4. The van der Waals surface area contributed by atoms with Gasteiger partial charge in [0.15, 0.2) is 0 Å². The average molecular weight is 346 g/mol. The van der Waals surface area contributed by atoms with E-state index in [1.54, 1.807) is 17.8 Å². The number of fused-ring (bicyclic) bond motifs is 1. The average Bonchev–Trinajstić information content (AvgIpc) is 2.86. The van der Waals surface area contributed by atoms with Crippen molar-refractivity contribution in [1.82, 2.24) is 4.72 Å². The summed E-state index contributed by atoms with van der Waals surface area (Å²) in [6.45, 7) is 0.167. The zero-order valence-electron chi connectivity index (χ0n) is 11.8. The SMILES string of the molecule is CSCCCCNS(=O)(=O)c1c(CO)sc2ccccc12. The molecular formula is C14H19NO3S3. The Labute approximate surface area is 133 Å². The second-order valence-corrected chi connectivity index (χ2v) is 8.43. The summed E-state index contributed by atoms with van der Waals surface area (Å²) in [6.07, 6.45) is 3.84. The molecule has 2 N–H and O–H groups in total. The largest absolute Gasteiger partial charge is 0.391 e. The molecule has 0 aliphatic rings. The van der Waals surface area contributed by atoms with Crippen LogP contribution in [-0.4, -0.2) is 32.1 Å². The van der Waals surface area contributed by atoms with E-state index in [1.807, 2.05) is 24.5 Å². The summed E-state index contributed by atoms with van der Waals surface area (Å²) in [5.41, 5.74) is 0. The number of rotatable bonds is 8. The maximum absolute atomic E-state index is 12.5. The van der Waals surface area contributed by atoms with Gasteiger partial charge in [0.2, 0.25) is 10.0 Å². The first-order chi connectivity index (χ1) is 10.1.